The molecule has 152 valence electrons. The highest BCUT2D eigenvalue weighted by molar-refractivity contribution is 5.93. The van der Waals surface area contributed by atoms with E-state index in [9.17, 15) is 19.1 Å². The van der Waals surface area contributed by atoms with Crippen LogP contribution in [-0.2, 0) is 29.0 Å². The number of fused-ring (bicyclic) bond motifs is 2. The van der Waals surface area contributed by atoms with Crippen molar-refractivity contribution in [1.29, 1.82) is 0 Å². The van der Waals surface area contributed by atoms with Gasteiger partial charge in [-0.3, -0.25) is 9.59 Å². The highest BCUT2D eigenvalue weighted by Crippen LogP contribution is 2.29. The molecule has 0 bridgehead atoms. The van der Waals surface area contributed by atoms with Crippen molar-refractivity contribution < 1.29 is 19.1 Å². The molecule has 0 radical (unpaired) electrons. The summed E-state index contributed by atoms with van der Waals surface area (Å²) in [6, 6.07) is 10.3. The normalized spacial score (nSPS) is 19.2. The van der Waals surface area contributed by atoms with E-state index in [0.29, 0.717) is 32.2 Å². The Kier molecular flexibility index (Phi) is 5.37. The third-order valence-electron chi connectivity index (χ3n) is 5.92. The van der Waals surface area contributed by atoms with Gasteiger partial charge in [-0.25, -0.2) is 4.39 Å². The van der Waals surface area contributed by atoms with Crippen LogP contribution in [0.15, 0.2) is 36.4 Å². The van der Waals surface area contributed by atoms with Crippen molar-refractivity contribution in [2.24, 2.45) is 0 Å². The summed E-state index contributed by atoms with van der Waals surface area (Å²) in [6.07, 6.45) is 1.59. The minimum absolute atomic E-state index is 0.00120. The maximum absolute atomic E-state index is 13.4. The van der Waals surface area contributed by atoms with E-state index in [1.165, 1.54) is 6.07 Å². The summed E-state index contributed by atoms with van der Waals surface area (Å²) in [7, 11) is 0. The van der Waals surface area contributed by atoms with Gasteiger partial charge >= 0.3 is 0 Å². The van der Waals surface area contributed by atoms with Gasteiger partial charge in [-0.05, 0) is 66.6 Å². The van der Waals surface area contributed by atoms with Crippen LogP contribution in [0.4, 0.5) is 10.1 Å². The van der Waals surface area contributed by atoms with Gasteiger partial charge in [0.05, 0.1) is 6.10 Å². The average Bonchev–Trinajstić information content (AvgIpc) is 2.70. The largest absolute Gasteiger partial charge is 0.388 e. The zero-order chi connectivity index (χ0) is 20.5. The molecule has 0 aromatic heterocycles. The van der Waals surface area contributed by atoms with Crippen molar-refractivity contribution in [2.45, 2.75) is 57.7 Å². The van der Waals surface area contributed by atoms with Gasteiger partial charge in [-0.1, -0.05) is 18.2 Å². The second-order valence-corrected chi connectivity index (χ2v) is 8.01. The zero-order valence-electron chi connectivity index (χ0n) is 16.5. The molecule has 0 aliphatic carbocycles. The first-order valence-corrected chi connectivity index (χ1v) is 10.1. The molecule has 2 aromatic carbocycles. The fraction of sp³-hybridized carbons (Fsp3) is 0.391. The molecule has 2 unspecified atom stereocenters. The summed E-state index contributed by atoms with van der Waals surface area (Å²) in [5.41, 5.74) is 4.52. The Labute approximate surface area is 169 Å². The van der Waals surface area contributed by atoms with Crippen molar-refractivity contribution in [3.63, 3.8) is 0 Å². The van der Waals surface area contributed by atoms with Crippen LogP contribution in [-0.4, -0.2) is 27.9 Å². The van der Waals surface area contributed by atoms with Gasteiger partial charge in [0.2, 0.25) is 11.8 Å². The molecular formula is C23H25FN2O3. The molecule has 2 N–H and O–H groups in total. The second-order valence-electron chi connectivity index (χ2n) is 8.01. The molecule has 2 heterocycles. The van der Waals surface area contributed by atoms with E-state index in [0.717, 1.165) is 27.9 Å². The number of aryl methyl sites for hydroxylation is 1. The highest BCUT2D eigenvalue weighted by Gasteiger charge is 2.27. The topological polar surface area (TPSA) is 69.6 Å². The molecule has 0 saturated carbocycles. The van der Waals surface area contributed by atoms with Gasteiger partial charge in [0.1, 0.15) is 5.82 Å². The Morgan fingerprint density at radius 3 is 2.86 bits per heavy atom. The minimum Gasteiger partial charge on any atom is -0.388 e. The van der Waals surface area contributed by atoms with Crippen LogP contribution < -0.4 is 5.32 Å². The van der Waals surface area contributed by atoms with Crippen molar-refractivity contribution >= 4 is 17.5 Å². The number of carbonyl (C=O) groups excluding carboxylic acids is 2. The fourth-order valence-electron chi connectivity index (χ4n) is 4.22. The summed E-state index contributed by atoms with van der Waals surface area (Å²) in [6.45, 7) is 2.45. The number of benzene rings is 2. The summed E-state index contributed by atoms with van der Waals surface area (Å²) < 4.78 is 13.4. The van der Waals surface area contributed by atoms with Crippen LogP contribution in [0.5, 0.6) is 0 Å². The van der Waals surface area contributed by atoms with Gasteiger partial charge in [0, 0.05) is 31.1 Å². The quantitative estimate of drug-likeness (QED) is 0.831. The first-order valence-electron chi connectivity index (χ1n) is 10.1. The molecule has 4 rings (SSSR count). The van der Waals surface area contributed by atoms with E-state index in [1.54, 1.807) is 18.2 Å². The standard InChI is InChI=1S/C23H25FN2O3/c1-14-10-18-12-19(24)5-2-17(18)13-26(14)23(29)9-7-21(27)16-3-6-20-15(11-16)4-8-22(28)25-20/h2-3,5-6,11-12,14,21,27H,4,7-10,13H2,1H3,(H,25,28). The van der Waals surface area contributed by atoms with Gasteiger partial charge in [0.25, 0.3) is 0 Å². The first kappa shape index (κ1) is 19.6. The lowest BCUT2D eigenvalue weighted by atomic mass is 9.93. The number of hydrogen-bond acceptors (Lipinski definition) is 3. The van der Waals surface area contributed by atoms with Crippen LogP contribution in [0.1, 0.15) is 54.5 Å². The molecular weight excluding hydrogens is 371 g/mol. The molecule has 6 heteroatoms. The van der Waals surface area contributed by atoms with Crippen molar-refractivity contribution in [3.8, 4) is 0 Å². The summed E-state index contributed by atoms with van der Waals surface area (Å²) >= 11 is 0. The van der Waals surface area contributed by atoms with Crippen LogP contribution in [0.2, 0.25) is 0 Å². The lowest BCUT2D eigenvalue weighted by Crippen LogP contribution is -2.42. The minimum atomic E-state index is -0.733. The molecule has 2 atom stereocenters. The van der Waals surface area contributed by atoms with Crippen LogP contribution in [0.3, 0.4) is 0 Å². The molecule has 0 fully saturated rings. The van der Waals surface area contributed by atoms with Crippen molar-refractivity contribution in [3.05, 3.63) is 64.5 Å². The van der Waals surface area contributed by atoms with E-state index in [2.05, 4.69) is 5.32 Å². The van der Waals surface area contributed by atoms with Crippen molar-refractivity contribution in [1.82, 2.24) is 4.90 Å². The highest BCUT2D eigenvalue weighted by atomic mass is 19.1. The fourth-order valence-corrected chi connectivity index (χ4v) is 4.22. The molecule has 5 nitrogen and oxygen atoms in total. The predicted octanol–water partition coefficient (Wildman–Crippen LogP) is 3.50. The van der Waals surface area contributed by atoms with E-state index < -0.39 is 6.10 Å². The Bertz CT molecular complexity index is 959. The number of anilines is 1. The Balaban J connectivity index is 1.38. The molecule has 0 spiro atoms. The second kappa shape index (κ2) is 7.95. The van der Waals surface area contributed by atoms with Crippen LogP contribution in [0, 0.1) is 5.82 Å². The number of nitrogens with one attached hydrogen (secondary N) is 1. The number of aliphatic hydroxyl groups is 1. The third-order valence-corrected chi connectivity index (χ3v) is 5.92. The molecule has 2 aliphatic heterocycles. The lowest BCUT2D eigenvalue weighted by molar-refractivity contribution is -0.135. The first-order chi connectivity index (χ1) is 13.9. The number of aliphatic hydroxyl groups excluding tert-OH is 1. The van der Waals surface area contributed by atoms with Crippen LogP contribution in [0.25, 0.3) is 0 Å². The van der Waals surface area contributed by atoms with Gasteiger partial charge < -0.3 is 15.3 Å². The molecule has 2 aromatic rings. The maximum atomic E-state index is 13.4. The zero-order valence-corrected chi connectivity index (χ0v) is 16.5. The van der Waals surface area contributed by atoms with Gasteiger partial charge in [-0.15, -0.1) is 0 Å². The van der Waals surface area contributed by atoms with E-state index >= 15 is 0 Å². The summed E-state index contributed by atoms with van der Waals surface area (Å²) in [5.74, 6) is -0.239. The van der Waals surface area contributed by atoms with Gasteiger partial charge in [0.15, 0.2) is 0 Å². The maximum Gasteiger partial charge on any atom is 0.224 e. The predicted molar refractivity (Wildman–Crippen MR) is 108 cm³/mol. The lowest BCUT2D eigenvalue weighted by Gasteiger charge is -2.35. The summed E-state index contributed by atoms with van der Waals surface area (Å²) in [4.78, 5) is 26.1. The smallest absolute Gasteiger partial charge is 0.224 e. The number of nitrogens with zero attached hydrogens (tertiary/aromatic N) is 1. The molecule has 2 aliphatic rings. The van der Waals surface area contributed by atoms with Crippen molar-refractivity contribution in [2.75, 3.05) is 5.32 Å². The molecule has 29 heavy (non-hydrogen) atoms. The molecule has 0 saturated heterocycles. The number of amides is 2. The number of hydrogen-bond donors (Lipinski definition) is 2. The Morgan fingerprint density at radius 2 is 2.03 bits per heavy atom. The Morgan fingerprint density at radius 1 is 1.21 bits per heavy atom. The number of halogens is 1. The SMILES string of the molecule is CC1Cc2cc(F)ccc2CN1C(=O)CCC(O)c1ccc2c(c1)CCC(=O)N2. The van der Waals surface area contributed by atoms with Gasteiger partial charge in [-0.2, -0.15) is 0 Å². The summed E-state index contributed by atoms with van der Waals surface area (Å²) in [5, 5.41) is 13.4. The Hall–Kier alpha value is -2.73. The molecule has 2 amide bonds. The van der Waals surface area contributed by atoms with E-state index in [-0.39, 0.29) is 30.1 Å². The third kappa shape index (κ3) is 4.17. The average molecular weight is 396 g/mol. The van der Waals surface area contributed by atoms with Crippen LogP contribution >= 0.6 is 0 Å². The number of carbonyl (C=O) groups is 2. The number of rotatable bonds is 4. The van der Waals surface area contributed by atoms with E-state index in [1.807, 2.05) is 24.0 Å². The monoisotopic (exact) mass is 396 g/mol. The van der Waals surface area contributed by atoms with E-state index in [4.69, 9.17) is 0 Å².